The average molecular weight is 651 g/mol. The largest absolute Gasteiger partial charge is 0.456 e. The maximum Gasteiger partial charge on any atom is 0.160 e. The molecule has 0 fully saturated rings. The van der Waals surface area contributed by atoms with Gasteiger partial charge in [0.05, 0.1) is 11.4 Å². The Balaban J connectivity index is 1.08. The second kappa shape index (κ2) is 11.9. The number of nitrogens with zero attached hydrogens (tertiary/aromatic N) is 2. The Hall–Kier alpha value is -6.84. The molecular weight excluding hydrogens is 621 g/mol. The second-order valence-corrected chi connectivity index (χ2v) is 13.0. The van der Waals surface area contributed by atoms with Gasteiger partial charge in [0.1, 0.15) is 11.2 Å². The van der Waals surface area contributed by atoms with Crippen LogP contribution in [-0.2, 0) is 0 Å². The molecule has 51 heavy (non-hydrogen) atoms. The summed E-state index contributed by atoms with van der Waals surface area (Å²) in [5, 5.41) is 7.04. The smallest absolute Gasteiger partial charge is 0.160 e. The first kappa shape index (κ1) is 29.1. The third-order valence-corrected chi connectivity index (χ3v) is 9.86. The molecule has 8 aromatic carbocycles. The van der Waals surface area contributed by atoms with E-state index in [2.05, 4.69) is 133 Å². The van der Waals surface area contributed by atoms with Crippen LogP contribution in [0.2, 0.25) is 0 Å². The van der Waals surface area contributed by atoms with Gasteiger partial charge in [0.25, 0.3) is 0 Å². The van der Waals surface area contributed by atoms with Gasteiger partial charge in [0.15, 0.2) is 5.82 Å². The third-order valence-electron chi connectivity index (χ3n) is 9.86. The van der Waals surface area contributed by atoms with Crippen LogP contribution in [0.1, 0.15) is 0 Å². The van der Waals surface area contributed by atoms with Crippen LogP contribution in [0.3, 0.4) is 0 Å². The number of hydrogen-bond donors (Lipinski definition) is 0. The molecule has 0 bridgehead atoms. The van der Waals surface area contributed by atoms with Crippen molar-refractivity contribution < 1.29 is 4.42 Å². The predicted octanol–water partition coefficient (Wildman–Crippen LogP) is 13.0. The second-order valence-electron chi connectivity index (χ2n) is 13.0. The van der Waals surface area contributed by atoms with Gasteiger partial charge in [0, 0.05) is 27.5 Å². The van der Waals surface area contributed by atoms with Crippen molar-refractivity contribution in [1.82, 2.24) is 9.97 Å². The summed E-state index contributed by atoms with van der Waals surface area (Å²) >= 11 is 0. The zero-order valence-electron chi connectivity index (χ0n) is 27.6. The van der Waals surface area contributed by atoms with E-state index in [-0.39, 0.29) is 0 Å². The summed E-state index contributed by atoms with van der Waals surface area (Å²) in [5.74, 6) is 0.692. The van der Waals surface area contributed by atoms with Crippen molar-refractivity contribution in [2.45, 2.75) is 0 Å². The Bertz CT molecular complexity index is 2850. The molecule has 0 spiro atoms. The number of fused-ring (bicyclic) bond motifs is 5. The average Bonchev–Trinajstić information content (AvgIpc) is 3.59. The van der Waals surface area contributed by atoms with Crippen LogP contribution in [0, 0.1) is 0 Å². The van der Waals surface area contributed by atoms with E-state index in [0.717, 1.165) is 61.1 Å². The van der Waals surface area contributed by atoms with E-state index in [1.54, 1.807) is 0 Å². The highest BCUT2D eigenvalue weighted by atomic mass is 16.3. The maximum atomic E-state index is 6.44. The quantitative estimate of drug-likeness (QED) is 0.186. The lowest BCUT2D eigenvalue weighted by atomic mass is 9.95. The van der Waals surface area contributed by atoms with E-state index < -0.39 is 0 Å². The monoisotopic (exact) mass is 650 g/mol. The molecule has 0 aliphatic carbocycles. The van der Waals surface area contributed by atoms with Crippen LogP contribution in [0.4, 0.5) is 0 Å². The fraction of sp³-hybridized carbons (Fsp3) is 0. The van der Waals surface area contributed by atoms with Crippen molar-refractivity contribution >= 4 is 43.5 Å². The zero-order chi connectivity index (χ0) is 33.7. The molecule has 0 aliphatic rings. The Morgan fingerprint density at radius 3 is 1.59 bits per heavy atom. The van der Waals surface area contributed by atoms with Gasteiger partial charge in [-0.2, -0.15) is 0 Å². The fourth-order valence-corrected chi connectivity index (χ4v) is 7.25. The van der Waals surface area contributed by atoms with E-state index in [0.29, 0.717) is 5.82 Å². The van der Waals surface area contributed by atoms with Crippen LogP contribution in [-0.4, -0.2) is 9.97 Å². The van der Waals surface area contributed by atoms with Gasteiger partial charge in [-0.15, -0.1) is 0 Å². The minimum Gasteiger partial charge on any atom is -0.456 e. The van der Waals surface area contributed by atoms with Crippen LogP contribution in [0.5, 0.6) is 0 Å². The molecule has 0 saturated carbocycles. The molecule has 3 nitrogen and oxygen atoms in total. The minimum atomic E-state index is 0.692. The lowest BCUT2D eigenvalue weighted by Crippen LogP contribution is -1.96. The van der Waals surface area contributed by atoms with Gasteiger partial charge in [-0.1, -0.05) is 140 Å². The van der Waals surface area contributed by atoms with Crippen molar-refractivity contribution in [3.05, 3.63) is 182 Å². The Labute approximate surface area is 295 Å². The number of aromatic nitrogens is 2. The van der Waals surface area contributed by atoms with Crippen molar-refractivity contribution in [3.8, 4) is 56.2 Å². The summed E-state index contributed by atoms with van der Waals surface area (Å²) in [6, 6.07) is 64.0. The molecule has 2 heterocycles. The SMILES string of the molecule is c1ccc(-c2cc(-c3cccc4oc5ccc(-c6ccc7cc(-c8ccc9ccccc9c8)ccc7c6)cc5c34)nc(-c3ccccc3)n2)cc1. The zero-order valence-corrected chi connectivity index (χ0v) is 27.6. The summed E-state index contributed by atoms with van der Waals surface area (Å²) in [5.41, 5.74) is 11.2. The molecule has 0 N–H and O–H groups in total. The first-order chi connectivity index (χ1) is 25.2. The van der Waals surface area contributed by atoms with Crippen LogP contribution in [0.25, 0.3) is 99.6 Å². The summed E-state index contributed by atoms with van der Waals surface area (Å²) in [6.45, 7) is 0. The molecule has 0 atom stereocenters. The topological polar surface area (TPSA) is 38.9 Å². The molecular formula is C48H30N2O. The highest BCUT2D eigenvalue weighted by molar-refractivity contribution is 6.13. The van der Waals surface area contributed by atoms with Gasteiger partial charge in [0.2, 0.25) is 0 Å². The van der Waals surface area contributed by atoms with Crippen LogP contribution >= 0.6 is 0 Å². The summed E-state index contributed by atoms with van der Waals surface area (Å²) < 4.78 is 6.44. The molecule has 10 aromatic rings. The normalized spacial score (nSPS) is 11.5. The van der Waals surface area contributed by atoms with E-state index in [1.165, 1.54) is 32.7 Å². The molecule has 0 amide bonds. The van der Waals surface area contributed by atoms with Crippen molar-refractivity contribution in [2.24, 2.45) is 0 Å². The van der Waals surface area contributed by atoms with Crippen molar-refractivity contribution in [3.63, 3.8) is 0 Å². The third kappa shape index (κ3) is 5.24. The predicted molar refractivity (Wildman–Crippen MR) is 212 cm³/mol. The molecule has 2 aromatic heterocycles. The van der Waals surface area contributed by atoms with E-state index in [4.69, 9.17) is 14.4 Å². The van der Waals surface area contributed by atoms with Gasteiger partial charge in [-0.3, -0.25) is 0 Å². The van der Waals surface area contributed by atoms with Gasteiger partial charge < -0.3 is 4.42 Å². The highest BCUT2D eigenvalue weighted by Gasteiger charge is 2.17. The van der Waals surface area contributed by atoms with E-state index in [1.807, 2.05) is 48.5 Å². The van der Waals surface area contributed by atoms with Crippen molar-refractivity contribution in [1.29, 1.82) is 0 Å². The maximum absolute atomic E-state index is 6.44. The summed E-state index contributed by atoms with van der Waals surface area (Å²) in [4.78, 5) is 10.1. The Morgan fingerprint density at radius 2 is 0.882 bits per heavy atom. The number of benzene rings is 8. The molecule has 238 valence electrons. The first-order valence-corrected chi connectivity index (χ1v) is 17.2. The molecule has 0 unspecified atom stereocenters. The fourth-order valence-electron chi connectivity index (χ4n) is 7.25. The Morgan fingerprint density at radius 1 is 0.333 bits per heavy atom. The van der Waals surface area contributed by atoms with Gasteiger partial charge >= 0.3 is 0 Å². The van der Waals surface area contributed by atoms with Crippen LogP contribution < -0.4 is 0 Å². The Kier molecular flexibility index (Phi) is 6.81. The number of furan rings is 1. The lowest BCUT2D eigenvalue weighted by Gasteiger charge is -2.10. The molecule has 0 aliphatic heterocycles. The molecule has 3 heteroatoms. The molecule has 0 saturated heterocycles. The lowest BCUT2D eigenvalue weighted by molar-refractivity contribution is 0.669. The molecule has 10 rings (SSSR count). The summed E-state index contributed by atoms with van der Waals surface area (Å²) in [6.07, 6.45) is 0. The van der Waals surface area contributed by atoms with Crippen LogP contribution in [0.15, 0.2) is 186 Å². The summed E-state index contributed by atoms with van der Waals surface area (Å²) in [7, 11) is 0. The van der Waals surface area contributed by atoms with Gasteiger partial charge in [-0.05, 0) is 86.3 Å². The molecule has 0 radical (unpaired) electrons. The minimum absolute atomic E-state index is 0.692. The standard InChI is InChI=1S/C48H30N2O/c1-3-11-32(12-4-1)43-30-44(50-48(49-43)33-13-5-2-6-14-33)41-16-9-17-46-47(41)42-29-40(24-25-45(42)51-46)39-23-22-37-27-36(20-21-38(37)28-39)35-19-18-31-10-7-8-15-34(31)26-35/h1-30H. The van der Waals surface area contributed by atoms with E-state index >= 15 is 0 Å². The van der Waals surface area contributed by atoms with Gasteiger partial charge in [-0.25, -0.2) is 9.97 Å². The highest BCUT2D eigenvalue weighted by Crippen LogP contribution is 2.40. The van der Waals surface area contributed by atoms with Crippen molar-refractivity contribution in [2.75, 3.05) is 0 Å². The first-order valence-electron chi connectivity index (χ1n) is 17.2. The number of rotatable bonds is 5. The van der Waals surface area contributed by atoms with E-state index in [9.17, 15) is 0 Å². The number of hydrogen-bond acceptors (Lipinski definition) is 3.